The highest BCUT2D eigenvalue weighted by molar-refractivity contribution is 7.89. The Hall–Kier alpha value is -2.51. The van der Waals surface area contributed by atoms with Gasteiger partial charge in [-0.2, -0.15) is 9.98 Å². The molecule has 0 aliphatic rings. The minimum atomic E-state index is -4.15. The normalized spacial score (nSPS) is 10.6. The van der Waals surface area contributed by atoms with Crippen LogP contribution in [-0.2, 0) is 14.8 Å². The Morgan fingerprint density at radius 2 is 2.20 bits per heavy atom. The van der Waals surface area contributed by atoms with Crippen molar-refractivity contribution in [3.8, 4) is 6.07 Å². The fourth-order valence-electron chi connectivity index (χ4n) is 1.34. The molecule has 0 unspecified atom stereocenters. The fraction of sp³-hybridized carbons (Fsp3) is 0.200. The largest absolute Gasteiger partial charge is 0.465 e. The summed E-state index contributed by atoms with van der Waals surface area (Å²) >= 11 is 0. The number of carbonyl (C=O) groups excluding carboxylic acids is 1. The van der Waals surface area contributed by atoms with Gasteiger partial charge in [-0.05, 0) is 6.07 Å². The van der Waals surface area contributed by atoms with E-state index in [-0.39, 0.29) is 0 Å². The molecule has 0 fully saturated rings. The van der Waals surface area contributed by atoms with Crippen LogP contribution in [0.15, 0.2) is 23.1 Å². The summed E-state index contributed by atoms with van der Waals surface area (Å²) in [6.07, 6.45) is 0. The van der Waals surface area contributed by atoms with Crippen LogP contribution in [0.3, 0.4) is 0 Å². The number of rotatable bonds is 5. The number of hydrogen-bond donors (Lipinski definition) is 1. The maximum Gasteiger partial charge on any atom is 0.339 e. The van der Waals surface area contributed by atoms with Crippen LogP contribution in [0.1, 0.15) is 10.4 Å². The van der Waals surface area contributed by atoms with Gasteiger partial charge in [0.1, 0.15) is 0 Å². The Morgan fingerprint density at radius 3 is 2.70 bits per heavy atom. The molecule has 1 N–H and O–H groups in total. The van der Waals surface area contributed by atoms with Gasteiger partial charge in [-0.3, -0.25) is 10.1 Å². The molecule has 0 bridgehead atoms. The molecule has 1 aromatic carbocycles. The maximum absolute atomic E-state index is 11.9. The fourth-order valence-corrected chi connectivity index (χ4v) is 2.43. The molecule has 0 aliphatic carbocycles. The molecule has 0 aliphatic heterocycles. The molecule has 10 heteroatoms. The SMILES string of the molecule is COC(=O)c1cc([N+](=O)[O-])ccc1S(=O)(=O)NCC#N. The first-order chi connectivity index (χ1) is 9.33. The van der Waals surface area contributed by atoms with E-state index in [1.165, 1.54) is 0 Å². The number of nitro benzene ring substituents is 1. The third-order valence-electron chi connectivity index (χ3n) is 2.21. The molecule has 0 saturated carbocycles. The Kier molecular flexibility index (Phi) is 4.73. The van der Waals surface area contributed by atoms with Gasteiger partial charge in [0, 0.05) is 12.1 Å². The monoisotopic (exact) mass is 299 g/mol. The highest BCUT2D eigenvalue weighted by atomic mass is 32.2. The number of sulfonamides is 1. The van der Waals surface area contributed by atoms with Crippen LogP contribution in [0, 0.1) is 21.4 Å². The van der Waals surface area contributed by atoms with Crippen LogP contribution in [0.25, 0.3) is 0 Å². The van der Waals surface area contributed by atoms with Gasteiger partial charge in [-0.15, -0.1) is 0 Å². The average molecular weight is 299 g/mol. The van der Waals surface area contributed by atoms with Crippen molar-refractivity contribution in [1.82, 2.24) is 4.72 Å². The zero-order valence-electron chi connectivity index (χ0n) is 10.2. The summed E-state index contributed by atoms with van der Waals surface area (Å²) in [5.41, 5.74) is -0.934. The van der Waals surface area contributed by atoms with Crippen molar-refractivity contribution in [3.63, 3.8) is 0 Å². The number of methoxy groups -OCH3 is 1. The molecule has 0 amide bonds. The highest BCUT2D eigenvalue weighted by Gasteiger charge is 2.25. The van der Waals surface area contributed by atoms with E-state index >= 15 is 0 Å². The maximum atomic E-state index is 11.9. The van der Waals surface area contributed by atoms with Gasteiger partial charge in [-0.25, -0.2) is 13.2 Å². The van der Waals surface area contributed by atoms with E-state index < -0.39 is 43.6 Å². The number of ether oxygens (including phenoxy) is 1. The number of esters is 1. The lowest BCUT2D eigenvalue weighted by Gasteiger charge is -2.08. The lowest BCUT2D eigenvalue weighted by Crippen LogP contribution is -2.26. The molecule has 20 heavy (non-hydrogen) atoms. The third kappa shape index (κ3) is 3.28. The van der Waals surface area contributed by atoms with Crippen molar-refractivity contribution in [3.05, 3.63) is 33.9 Å². The topological polar surface area (TPSA) is 139 Å². The van der Waals surface area contributed by atoms with E-state index in [9.17, 15) is 23.3 Å². The number of nitriles is 1. The highest BCUT2D eigenvalue weighted by Crippen LogP contribution is 2.22. The number of carbonyl (C=O) groups is 1. The standard InChI is InChI=1S/C10H9N3O6S/c1-19-10(14)8-6-7(13(15)16)2-3-9(8)20(17,18)12-5-4-11/h2-3,6,12H,5H2,1H3. The third-order valence-corrected chi connectivity index (χ3v) is 3.67. The molecule has 0 atom stereocenters. The molecule has 9 nitrogen and oxygen atoms in total. The predicted molar refractivity (Wildman–Crippen MR) is 65.2 cm³/mol. The number of non-ortho nitro benzene ring substituents is 1. The molecule has 0 aromatic heterocycles. The van der Waals surface area contributed by atoms with Crippen LogP contribution < -0.4 is 4.72 Å². The van der Waals surface area contributed by atoms with Crippen LogP contribution in [0.2, 0.25) is 0 Å². The summed E-state index contributed by atoms with van der Waals surface area (Å²) in [5, 5.41) is 19.0. The quantitative estimate of drug-likeness (QED) is 0.354. The summed E-state index contributed by atoms with van der Waals surface area (Å²) in [7, 11) is -3.13. The second-order valence-corrected chi connectivity index (χ2v) is 5.15. The first kappa shape index (κ1) is 15.5. The van der Waals surface area contributed by atoms with Crippen molar-refractivity contribution in [2.24, 2.45) is 0 Å². The minimum Gasteiger partial charge on any atom is -0.465 e. The van der Waals surface area contributed by atoms with Gasteiger partial charge < -0.3 is 4.74 Å². The van der Waals surface area contributed by atoms with E-state index in [0.717, 1.165) is 25.3 Å². The van der Waals surface area contributed by atoms with Crippen LogP contribution in [0.5, 0.6) is 0 Å². The molecular formula is C10H9N3O6S. The average Bonchev–Trinajstić information content (AvgIpc) is 2.43. The lowest BCUT2D eigenvalue weighted by molar-refractivity contribution is -0.384. The van der Waals surface area contributed by atoms with Crippen molar-refractivity contribution < 1.29 is 22.9 Å². The summed E-state index contributed by atoms with van der Waals surface area (Å²) in [6, 6.07) is 4.21. The Morgan fingerprint density at radius 1 is 1.55 bits per heavy atom. The predicted octanol–water partition coefficient (Wildman–Crippen LogP) is 0.183. The molecule has 0 saturated heterocycles. The molecule has 106 valence electrons. The van der Waals surface area contributed by atoms with Crippen LogP contribution in [0.4, 0.5) is 5.69 Å². The van der Waals surface area contributed by atoms with Crippen LogP contribution in [-0.4, -0.2) is 33.0 Å². The zero-order valence-corrected chi connectivity index (χ0v) is 11.0. The van der Waals surface area contributed by atoms with E-state index in [4.69, 9.17) is 5.26 Å². The summed E-state index contributed by atoms with van der Waals surface area (Å²) < 4.78 is 30.1. The number of nitro groups is 1. The number of hydrogen-bond acceptors (Lipinski definition) is 7. The van der Waals surface area contributed by atoms with Crippen molar-refractivity contribution in [2.75, 3.05) is 13.7 Å². The molecular weight excluding hydrogens is 290 g/mol. The van der Waals surface area contributed by atoms with E-state index in [0.29, 0.717) is 0 Å². The van der Waals surface area contributed by atoms with Gasteiger partial charge in [0.25, 0.3) is 5.69 Å². The smallest absolute Gasteiger partial charge is 0.339 e. The number of nitrogens with zero attached hydrogens (tertiary/aromatic N) is 2. The van der Waals surface area contributed by atoms with Gasteiger partial charge in [0.15, 0.2) is 0 Å². The second-order valence-electron chi connectivity index (χ2n) is 3.41. The van der Waals surface area contributed by atoms with E-state index in [1.807, 2.05) is 4.72 Å². The zero-order chi connectivity index (χ0) is 15.3. The summed E-state index contributed by atoms with van der Waals surface area (Å²) in [5.74, 6) is -1.04. The summed E-state index contributed by atoms with van der Waals surface area (Å²) in [4.78, 5) is 20.9. The van der Waals surface area contributed by atoms with E-state index in [2.05, 4.69) is 4.74 Å². The van der Waals surface area contributed by atoms with Crippen molar-refractivity contribution >= 4 is 21.7 Å². The molecule has 0 spiro atoms. The van der Waals surface area contributed by atoms with Gasteiger partial charge >= 0.3 is 5.97 Å². The van der Waals surface area contributed by atoms with Gasteiger partial charge in [0.2, 0.25) is 10.0 Å². The van der Waals surface area contributed by atoms with Crippen molar-refractivity contribution in [2.45, 2.75) is 4.90 Å². The first-order valence-electron chi connectivity index (χ1n) is 5.07. The molecule has 1 aromatic rings. The Balaban J connectivity index is 3.43. The minimum absolute atomic E-state index is 0.454. The van der Waals surface area contributed by atoms with E-state index in [1.54, 1.807) is 6.07 Å². The lowest BCUT2D eigenvalue weighted by atomic mass is 10.2. The number of nitrogens with one attached hydrogen (secondary N) is 1. The second kappa shape index (κ2) is 6.09. The molecule has 0 heterocycles. The Bertz CT molecular complexity index is 691. The van der Waals surface area contributed by atoms with Gasteiger partial charge in [-0.1, -0.05) is 0 Å². The first-order valence-corrected chi connectivity index (χ1v) is 6.55. The van der Waals surface area contributed by atoms with Crippen molar-refractivity contribution in [1.29, 1.82) is 5.26 Å². The number of benzene rings is 1. The Labute approximate surface area is 114 Å². The summed E-state index contributed by atoms with van der Waals surface area (Å²) in [6.45, 7) is -0.500. The molecule has 0 radical (unpaired) electrons. The van der Waals surface area contributed by atoms with Gasteiger partial charge in [0.05, 0.1) is 35.1 Å². The molecule has 1 rings (SSSR count). The van der Waals surface area contributed by atoms with Crippen LogP contribution >= 0.6 is 0 Å².